The molecular formula is C14H25N3O. The smallest absolute Gasteiger partial charge is 0.226 e. The molecule has 1 aromatic heterocycles. The van der Waals surface area contributed by atoms with Crippen LogP contribution in [0.1, 0.15) is 76.0 Å². The average molecular weight is 251 g/mol. The molecule has 1 saturated carbocycles. The zero-order valence-electron chi connectivity index (χ0n) is 11.4. The summed E-state index contributed by atoms with van der Waals surface area (Å²) in [6.07, 6.45) is 10.9. The normalized spacial score (nSPS) is 20.3. The fraction of sp³-hybridized carbons (Fsp3) is 0.857. The Bertz CT molecular complexity index is 343. The Labute approximate surface area is 109 Å². The number of nitrogens with two attached hydrogens (primary N) is 1. The lowest BCUT2D eigenvalue weighted by Crippen LogP contribution is -2.23. The topological polar surface area (TPSA) is 64.9 Å². The van der Waals surface area contributed by atoms with Gasteiger partial charge in [0.1, 0.15) is 0 Å². The summed E-state index contributed by atoms with van der Waals surface area (Å²) < 4.78 is 5.23. The maximum Gasteiger partial charge on any atom is 0.226 e. The lowest BCUT2D eigenvalue weighted by molar-refractivity contribution is 0.308. The first kappa shape index (κ1) is 13.5. The van der Waals surface area contributed by atoms with Crippen LogP contribution in [0.15, 0.2) is 4.52 Å². The fourth-order valence-corrected chi connectivity index (χ4v) is 2.78. The number of aryl methyl sites for hydroxylation is 1. The summed E-state index contributed by atoms with van der Waals surface area (Å²) in [6, 6.07) is -0.0440. The van der Waals surface area contributed by atoms with Gasteiger partial charge in [-0.25, -0.2) is 0 Å². The molecule has 1 atom stereocenters. The molecule has 18 heavy (non-hydrogen) atoms. The minimum atomic E-state index is -0.0440. The van der Waals surface area contributed by atoms with Crippen molar-refractivity contribution in [3.05, 3.63) is 11.7 Å². The van der Waals surface area contributed by atoms with Crippen LogP contribution >= 0.6 is 0 Å². The van der Waals surface area contributed by atoms with E-state index in [0.29, 0.717) is 11.7 Å². The van der Waals surface area contributed by atoms with E-state index in [4.69, 9.17) is 10.3 Å². The number of hydrogen-bond acceptors (Lipinski definition) is 4. The van der Waals surface area contributed by atoms with Gasteiger partial charge >= 0.3 is 0 Å². The molecule has 0 amide bonds. The van der Waals surface area contributed by atoms with Gasteiger partial charge in [0.25, 0.3) is 0 Å². The summed E-state index contributed by atoms with van der Waals surface area (Å²) in [6.45, 7) is 2.11. The van der Waals surface area contributed by atoms with Gasteiger partial charge in [0, 0.05) is 6.42 Å². The molecule has 4 nitrogen and oxygen atoms in total. The zero-order chi connectivity index (χ0) is 12.8. The Morgan fingerprint density at radius 1 is 1.22 bits per heavy atom. The lowest BCUT2D eigenvalue weighted by Gasteiger charge is -2.23. The minimum Gasteiger partial charge on any atom is -0.339 e. The van der Waals surface area contributed by atoms with E-state index < -0.39 is 0 Å². The zero-order valence-corrected chi connectivity index (χ0v) is 11.4. The highest BCUT2D eigenvalue weighted by Gasteiger charge is 2.24. The summed E-state index contributed by atoms with van der Waals surface area (Å²) in [5.74, 6) is 1.97. The first-order chi connectivity index (χ1) is 8.81. The van der Waals surface area contributed by atoms with E-state index in [1.165, 1.54) is 44.9 Å². The fourth-order valence-electron chi connectivity index (χ4n) is 2.78. The molecule has 1 aliphatic carbocycles. The molecule has 102 valence electrons. The van der Waals surface area contributed by atoms with Crippen molar-refractivity contribution in [1.82, 2.24) is 10.1 Å². The summed E-state index contributed by atoms with van der Waals surface area (Å²) in [7, 11) is 0. The van der Waals surface area contributed by atoms with Crippen LogP contribution in [0.3, 0.4) is 0 Å². The Morgan fingerprint density at radius 3 is 2.56 bits per heavy atom. The van der Waals surface area contributed by atoms with Crippen LogP contribution in [-0.2, 0) is 6.42 Å². The molecule has 1 fully saturated rings. The number of rotatable bonds is 4. The third-order valence-corrected chi connectivity index (χ3v) is 3.90. The lowest BCUT2D eigenvalue weighted by atomic mass is 9.86. The molecule has 2 N–H and O–H groups in total. The second kappa shape index (κ2) is 6.88. The molecule has 0 saturated heterocycles. The first-order valence-corrected chi connectivity index (χ1v) is 7.39. The van der Waals surface area contributed by atoms with Crippen molar-refractivity contribution in [2.45, 2.75) is 70.8 Å². The van der Waals surface area contributed by atoms with E-state index >= 15 is 0 Å². The second-order valence-corrected chi connectivity index (χ2v) is 5.43. The predicted octanol–water partition coefficient (Wildman–Crippen LogP) is 3.38. The highest BCUT2D eigenvalue weighted by Crippen LogP contribution is 2.30. The van der Waals surface area contributed by atoms with Crippen molar-refractivity contribution < 1.29 is 4.52 Å². The van der Waals surface area contributed by atoms with Crippen LogP contribution in [-0.4, -0.2) is 10.1 Å². The van der Waals surface area contributed by atoms with Crippen molar-refractivity contribution in [3.63, 3.8) is 0 Å². The molecule has 2 rings (SSSR count). The van der Waals surface area contributed by atoms with Gasteiger partial charge in [0.2, 0.25) is 5.89 Å². The number of hydrogen-bond donors (Lipinski definition) is 1. The van der Waals surface area contributed by atoms with Crippen LogP contribution < -0.4 is 5.73 Å². The molecule has 0 aromatic carbocycles. The number of nitrogens with zero attached hydrogens (tertiary/aromatic N) is 2. The first-order valence-electron chi connectivity index (χ1n) is 7.39. The second-order valence-electron chi connectivity index (χ2n) is 5.43. The van der Waals surface area contributed by atoms with E-state index in [1.54, 1.807) is 0 Å². The van der Waals surface area contributed by atoms with E-state index in [1.807, 2.05) is 0 Å². The van der Waals surface area contributed by atoms with Crippen LogP contribution in [0.5, 0.6) is 0 Å². The molecule has 0 radical (unpaired) electrons. The maximum atomic E-state index is 6.31. The van der Waals surface area contributed by atoms with Crippen molar-refractivity contribution in [2.24, 2.45) is 11.7 Å². The molecule has 1 unspecified atom stereocenters. The van der Waals surface area contributed by atoms with Gasteiger partial charge in [0.15, 0.2) is 5.82 Å². The van der Waals surface area contributed by atoms with E-state index in [0.717, 1.165) is 18.7 Å². The highest BCUT2D eigenvalue weighted by molar-refractivity contribution is 4.96. The third-order valence-electron chi connectivity index (χ3n) is 3.90. The molecule has 0 bridgehead atoms. The van der Waals surface area contributed by atoms with Gasteiger partial charge in [-0.15, -0.1) is 0 Å². The molecule has 1 aromatic rings. The van der Waals surface area contributed by atoms with Crippen molar-refractivity contribution in [2.75, 3.05) is 0 Å². The monoisotopic (exact) mass is 251 g/mol. The maximum absolute atomic E-state index is 6.31. The van der Waals surface area contributed by atoms with Crippen molar-refractivity contribution in [3.8, 4) is 0 Å². The van der Waals surface area contributed by atoms with Gasteiger partial charge in [0.05, 0.1) is 6.04 Å². The van der Waals surface area contributed by atoms with Crippen LogP contribution in [0.25, 0.3) is 0 Å². The van der Waals surface area contributed by atoms with Gasteiger partial charge in [-0.2, -0.15) is 4.98 Å². The molecule has 1 aliphatic rings. The van der Waals surface area contributed by atoms with Crippen LogP contribution in [0, 0.1) is 5.92 Å². The molecule has 1 heterocycles. The van der Waals surface area contributed by atoms with E-state index in [9.17, 15) is 0 Å². The summed E-state index contributed by atoms with van der Waals surface area (Å²) in [4.78, 5) is 4.43. The minimum absolute atomic E-state index is 0.0440. The average Bonchev–Trinajstić information content (AvgIpc) is 2.77. The molecule has 0 aliphatic heterocycles. The molecule has 4 heteroatoms. The summed E-state index contributed by atoms with van der Waals surface area (Å²) in [5.41, 5.74) is 6.31. The quantitative estimate of drug-likeness (QED) is 0.891. The largest absolute Gasteiger partial charge is 0.339 e. The van der Waals surface area contributed by atoms with Crippen LogP contribution in [0.4, 0.5) is 0 Å². The van der Waals surface area contributed by atoms with Gasteiger partial charge < -0.3 is 10.3 Å². The highest BCUT2D eigenvalue weighted by atomic mass is 16.5. The summed E-state index contributed by atoms with van der Waals surface area (Å²) in [5, 5.41) is 4.05. The molecule has 0 spiro atoms. The van der Waals surface area contributed by atoms with Gasteiger partial charge in [-0.1, -0.05) is 44.2 Å². The summed E-state index contributed by atoms with van der Waals surface area (Å²) >= 11 is 0. The van der Waals surface area contributed by atoms with E-state index in [-0.39, 0.29) is 6.04 Å². The van der Waals surface area contributed by atoms with Crippen molar-refractivity contribution in [1.29, 1.82) is 0 Å². The predicted molar refractivity (Wildman–Crippen MR) is 71.0 cm³/mol. The third kappa shape index (κ3) is 3.55. The van der Waals surface area contributed by atoms with Crippen LogP contribution in [0.2, 0.25) is 0 Å². The Kier molecular flexibility index (Phi) is 5.17. The van der Waals surface area contributed by atoms with Crippen molar-refractivity contribution >= 4 is 0 Å². The standard InChI is InChI=1S/C14H25N3O/c1-2-8-12-16-14(17-18-12)13(15)11-9-6-4-3-5-7-10-11/h11,13H,2-10,15H2,1H3. The van der Waals surface area contributed by atoms with Gasteiger partial charge in [-0.05, 0) is 25.2 Å². The Hall–Kier alpha value is -0.900. The molecular weight excluding hydrogens is 226 g/mol. The Balaban J connectivity index is 1.96. The SMILES string of the molecule is CCCc1nc(C(N)C2CCCCCCC2)no1. The number of aromatic nitrogens is 2. The van der Waals surface area contributed by atoms with Gasteiger partial charge in [-0.3, -0.25) is 0 Å². The van der Waals surface area contributed by atoms with E-state index in [2.05, 4.69) is 17.1 Å². The Morgan fingerprint density at radius 2 is 1.89 bits per heavy atom.